The summed E-state index contributed by atoms with van der Waals surface area (Å²) in [6.07, 6.45) is 2.62. The van der Waals surface area contributed by atoms with Gasteiger partial charge < -0.3 is 29.7 Å². The standard InChI is InChI=1S/C28H42N2O7/c1-27-13-12-24(37-26(35)29-18-6-8-20(36-3)9-7-18)28(2,17-32)23(27)11-10-22(33)21(27)15-25(34)30-14-4-5-19(30)16-31/h6-9,19,21-24,31-33H,4-5,10-17H2,1-3H3,(H,29,35)/t19-,21+,22+,23-,24+,27-,28-/m0/s1. The van der Waals surface area contributed by atoms with Crippen LogP contribution in [0, 0.1) is 22.7 Å². The normalized spacial score (nSPS) is 35.5. The summed E-state index contributed by atoms with van der Waals surface area (Å²) in [7, 11) is 1.58. The Hall–Kier alpha value is -2.36. The Bertz CT molecular complexity index is 956. The third-order valence-corrected chi connectivity index (χ3v) is 9.56. The van der Waals surface area contributed by atoms with Gasteiger partial charge in [0.15, 0.2) is 0 Å². The number of carbonyl (C=O) groups excluding carboxylic acids is 2. The molecule has 1 aromatic carbocycles. The number of rotatable bonds is 7. The number of anilines is 1. The molecule has 4 rings (SSSR count). The molecule has 3 aliphatic rings. The van der Waals surface area contributed by atoms with Gasteiger partial charge in [0.1, 0.15) is 11.9 Å². The SMILES string of the molecule is COc1ccc(NC(=O)O[C@@H]2CC[C@]3(C)[C@H](CC[C@@H](O)[C@H]3CC(=O)N3CCC[C@H]3CO)[C@]2(C)CO)cc1. The van der Waals surface area contributed by atoms with Crippen LogP contribution < -0.4 is 10.1 Å². The molecule has 206 valence electrons. The van der Waals surface area contributed by atoms with Gasteiger partial charge in [-0.3, -0.25) is 10.1 Å². The van der Waals surface area contributed by atoms with E-state index in [1.165, 1.54) is 0 Å². The number of carbonyl (C=O) groups is 2. The van der Waals surface area contributed by atoms with Crippen molar-refractivity contribution in [3.8, 4) is 5.75 Å². The molecule has 1 aromatic rings. The molecule has 0 radical (unpaired) electrons. The molecule has 4 N–H and O–H groups in total. The highest BCUT2D eigenvalue weighted by Gasteiger charge is 2.60. The van der Waals surface area contributed by atoms with Crippen molar-refractivity contribution < 1.29 is 34.4 Å². The van der Waals surface area contributed by atoms with Crippen molar-refractivity contribution in [2.45, 2.75) is 77.0 Å². The van der Waals surface area contributed by atoms with Crippen molar-refractivity contribution in [2.75, 3.05) is 32.2 Å². The number of fused-ring (bicyclic) bond motifs is 1. The summed E-state index contributed by atoms with van der Waals surface area (Å²) in [6, 6.07) is 6.82. The molecular formula is C28H42N2O7. The van der Waals surface area contributed by atoms with Crippen LogP contribution in [0.5, 0.6) is 5.75 Å². The highest BCUT2D eigenvalue weighted by molar-refractivity contribution is 5.84. The van der Waals surface area contributed by atoms with Crippen LogP contribution in [0.1, 0.15) is 58.8 Å². The van der Waals surface area contributed by atoms with Crippen molar-refractivity contribution in [1.29, 1.82) is 0 Å². The van der Waals surface area contributed by atoms with Gasteiger partial charge in [0.05, 0.1) is 32.5 Å². The quantitative estimate of drug-likeness (QED) is 0.436. The smallest absolute Gasteiger partial charge is 0.411 e. The molecule has 0 aromatic heterocycles. The lowest BCUT2D eigenvalue weighted by Gasteiger charge is -2.60. The van der Waals surface area contributed by atoms with E-state index in [0.29, 0.717) is 43.7 Å². The zero-order valence-electron chi connectivity index (χ0n) is 22.2. The summed E-state index contributed by atoms with van der Waals surface area (Å²) >= 11 is 0. The van der Waals surface area contributed by atoms with Crippen LogP contribution in [0.15, 0.2) is 24.3 Å². The predicted octanol–water partition coefficient (Wildman–Crippen LogP) is 3.17. The van der Waals surface area contributed by atoms with E-state index in [2.05, 4.69) is 12.2 Å². The van der Waals surface area contributed by atoms with E-state index in [0.717, 1.165) is 12.8 Å². The highest BCUT2D eigenvalue weighted by atomic mass is 16.6. The van der Waals surface area contributed by atoms with Crippen LogP contribution in [-0.2, 0) is 9.53 Å². The molecule has 0 unspecified atom stereocenters. The number of nitrogens with one attached hydrogen (secondary N) is 1. The van der Waals surface area contributed by atoms with Crippen molar-refractivity contribution in [2.24, 2.45) is 22.7 Å². The Balaban J connectivity index is 1.48. The van der Waals surface area contributed by atoms with Gasteiger partial charge >= 0.3 is 6.09 Å². The number of ether oxygens (including phenoxy) is 2. The number of methoxy groups -OCH3 is 1. The van der Waals surface area contributed by atoms with Crippen LogP contribution in [-0.4, -0.2) is 77.3 Å². The second kappa shape index (κ2) is 11.2. The van der Waals surface area contributed by atoms with Crippen molar-refractivity contribution in [1.82, 2.24) is 4.90 Å². The second-order valence-electron chi connectivity index (χ2n) is 11.5. The zero-order valence-corrected chi connectivity index (χ0v) is 22.2. The van der Waals surface area contributed by atoms with E-state index in [1.54, 1.807) is 36.3 Å². The Morgan fingerprint density at radius 2 is 1.84 bits per heavy atom. The van der Waals surface area contributed by atoms with Gasteiger partial charge in [0.25, 0.3) is 0 Å². The van der Waals surface area contributed by atoms with Gasteiger partial charge in [-0.15, -0.1) is 0 Å². The highest BCUT2D eigenvalue weighted by Crippen LogP contribution is 2.61. The maximum absolute atomic E-state index is 13.3. The molecule has 2 aliphatic carbocycles. The van der Waals surface area contributed by atoms with Crippen LogP contribution >= 0.6 is 0 Å². The Morgan fingerprint density at radius 1 is 1.11 bits per heavy atom. The first-order chi connectivity index (χ1) is 17.7. The van der Waals surface area contributed by atoms with E-state index >= 15 is 0 Å². The number of aliphatic hydroxyl groups is 3. The summed E-state index contributed by atoms with van der Waals surface area (Å²) in [4.78, 5) is 27.8. The fraction of sp³-hybridized carbons (Fsp3) is 0.714. The Morgan fingerprint density at radius 3 is 2.49 bits per heavy atom. The number of benzene rings is 1. The molecule has 0 spiro atoms. The molecular weight excluding hydrogens is 476 g/mol. The third kappa shape index (κ3) is 5.31. The summed E-state index contributed by atoms with van der Waals surface area (Å²) in [5.41, 5.74) is -0.530. The summed E-state index contributed by atoms with van der Waals surface area (Å²) in [5, 5.41) is 34.1. The van der Waals surface area contributed by atoms with Crippen molar-refractivity contribution >= 4 is 17.7 Å². The Labute approximate surface area is 219 Å². The third-order valence-electron chi connectivity index (χ3n) is 9.56. The number of hydrogen-bond donors (Lipinski definition) is 4. The van der Waals surface area contributed by atoms with E-state index < -0.39 is 29.1 Å². The van der Waals surface area contributed by atoms with Crippen LogP contribution in [0.2, 0.25) is 0 Å². The van der Waals surface area contributed by atoms with Crippen molar-refractivity contribution in [3.05, 3.63) is 24.3 Å². The minimum absolute atomic E-state index is 0.0228. The number of nitrogens with zero attached hydrogens (tertiary/aromatic N) is 1. The van der Waals surface area contributed by atoms with Gasteiger partial charge in [0, 0.05) is 24.1 Å². The monoisotopic (exact) mass is 518 g/mol. The maximum atomic E-state index is 13.3. The maximum Gasteiger partial charge on any atom is 0.411 e. The molecule has 2 saturated carbocycles. The van der Waals surface area contributed by atoms with E-state index in [1.807, 2.05) is 6.92 Å². The second-order valence-corrected chi connectivity index (χ2v) is 11.5. The van der Waals surface area contributed by atoms with Crippen LogP contribution in [0.3, 0.4) is 0 Å². The summed E-state index contributed by atoms with van der Waals surface area (Å²) in [6.45, 7) is 4.51. The predicted molar refractivity (Wildman–Crippen MR) is 138 cm³/mol. The lowest BCUT2D eigenvalue weighted by atomic mass is 9.46. The average Bonchev–Trinajstić information content (AvgIpc) is 3.37. The number of aliphatic hydroxyl groups excluding tert-OH is 3. The average molecular weight is 519 g/mol. The molecule has 1 saturated heterocycles. The van der Waals surface area contributed by atoms with Crippen molar-refractivity contribution in [3.63, 3.8) is 0 Å². The first kappa shape index (κ1) is 27.7. The molecule has 7 atom stereocenters. The first-order valence-corrected chi connectivity index (χ1v) is 13.5. The minimum atomic E-state index is -0.715. The number of hydrogen-bond acceptors (Lipinski definition) is 7. The number of amides is 2. The van der Waals surface area contributed by atoms with E-state index in [4.69, 9.17) is 9.47 Å². The van der Waals surface area contributed by atoms with Gasteiger partial charge in [0.2, 0.25) is 5.91 Å². The lowest BCUT2D eigenvalue weighted by Crippen LogP contribution is -2.61. The Kier molecular flexibility index (Phi) is 8.35. The molecule has 2 amide bonds. The molecule has 3 fully saturated rings. The first-order valence-electron chi connectivity index (χ1n) is 13.5. The molecule has 1 heterocycles. The fourth-order valence-electron chi connectivity index (χ4n) is 7.39. The summed E-state index contributed by atoms with van der Waals surface area (Å²) < 4.78 is 11.1. The van der Waals surface area contributed by atoms with Gasteiger partial charge in [-0.05, 0) is 80.0 Å². The van der Waals surface area contributed by atoms with Crippen LogP contribution in [0.4, 0.5) is 10.5 Å². The van der Waals surface area contributed by atoms with Crippen LogP contribution in [0.25, 0.3) is 0 Å². The fourth-order valence-corrected chi connectivity index (χ4v) is 7.39. The topological polar surface area (TPSA) is 129 Å². The van der Waals surface area contributed by atoms with Gasteiger partial charge in [-0.1, -0.05) is 13.8 Å². The molecule has 9 heteroatoms. The zero-order chi connectivity index (χ0) is 26.8. The number of likely N-dealkylation sites (tertiary alicyclic amines) is 1. The largest absolute Gasteiger partial charge is 0.497 e. The van der Waals surface area contributed by atoms with E-state index in [9.17, 15) is 24.9 Å². The molecule has 1 aliphatic heterocycles. The molecule has 9 nitrogen and oxygen atoms in total. The van der Waals surface area contributed by atoms with Gasteiger partial charge in [-0.2, -0.15) is 0 Å². The molecule has 37 heavy (non-hydrogen) atoms. The summed E-state index contributed by atoms with van der Waals surface area (Å²) in [5.74, 6) is 0.359. The minimum Gasteiger partial charge on any atom is -0.497 e. The van der Waals surface area contributed by atoms with Gasteiger partial charge in [-0.25, -0.2) is 4.79 Å². The molecule has 0 bridgehead atoms. The van der Waals surface area contributed by atoms with E-state index in [-0.39, 0.29) is 43.4 Å². The lowest BCUT2D eigenvalue weighted by molar-refractivity contribution is -0.186.